The zero-order valence-electron chi connectivity index (χ0n) is 8.43. The maximum Gasteiger partial charge on any atom is 0.240 e. The summed E-state index contributed by atoms with van der Waals surface area (Å²) in [6.45, 7) is 2.01. The van der Waals surface area contributed by atoms with Gasteiger partial charge < -0.3 is 0 Å². The second-order valence-electron chi connectivity index (χ2n) is 3.10. The van der Waals surface area contributed by atoms with Crippen molar-refractivity contribution in [3.63, 3.8) is 0 Å². The predicted octanol–water partition coefficient (Wildman–Crippen LogP) is 2.42. The first-order valence-corrected chi connectivity index (χ1v) is 6.80. The molecule has 0 fully saturated rings. The van der Waals surface area contributed by atoms with Crippen LogP contribution in [0, 0.1) is 11.6 Å². The highest BCUT2D eigenvalue weighted by molar-refractivity contribution is 9.10. The third-order valence-electron chi connectivity index (χ3n) is 1.81. The summed E-state index contributed by atoms with van der Waals surface area (Å²) >= 11 is 2.67. The van der Waals surface area contributed by atoms with Crippen LogP contribution in [-0.2, 0) is 10.0 Å². The lowest BCUT2D eigenvalue weighted by Crippen LogP contribution is -2.24. The topological polar surface area (TPSA) is 46.2 Å². The zero-order valence-corrected chi connectivity index (χ0v) is 10.8. The Morgan fingerprint density at radius 3 is 2.25 bits per heavy atom. The van der Waals surface area contributed by atoms with Gasteiger partial charge in [-0.15, -0.1) is 0 Å². The summed E-state index contributed by atoms with van der Waals surface area (Å²) in [6.07, 6.45) is 0.598. The van der Waals surface area contributed by atoms with Crippen molar-refractivity contribution in [2.45, 2.75) is 18.2 Å². The van der Waals surface area contributed by atoms with Crippen LogP contribution in [0.15, 0.2) is 21.5 Å². The van der Waals surface area contributed by atoms with Crippen molar-refractivity contribution in [3.05, 3.63) is 28.2 Å². The van der Waals surface area contributed by atoms with Crippen LogP contribution in [0.2, 0.25) is 0 Å². The van der Waals surface area contributed by atoms with Crippen LogP contribution < -0.4 is 4.72 Å². The van der Waals surface area contributed by atoms with Crippen molar-refractivity contribution in [2.75, 3.05) is 6.54 Å². The Bertz CT molecular complexity index is 467. The molecule has 0 radical (unpaired) electrons. The standard InChI is InChI=1S/C9H10BrF2NO2S/c1-2-3-13-16(14,15)6-4-7(11)9(10)8(12)5-6/h4-5,13H,2-3H2,1H3. The van der Waals surface area contributed by atoms with E-state index in [1.54, 1.807) is 6.92 Å². The Hall–Kier alpha value is -0.530. The van der Waals surface area contributed by atoms with E-state index >= 15 is 0 Å². The molecule has 1 aromatic carbocycles. The van der Waals surface area contributed by atoms with Gasteiger partial charge in [-0.2, -0.15) is 0 Å². The molecule has 0 bridgehead atoms. The van der Waals surface area contributed by atoms with Gasteiger partial charge in [-0.1, -0.05) is 6.92 Å². The molecule has 0 amide bonds. The number of nitrogens with one attached hydrogen (secondary N) is 1. The summed E-state index contributed by atoms with van der Waals surface area (Å²) in [5.74, 6) is -1.89. The van der Waals surface area contributed by atoms with E-state index < -0.39 is 26.6 Å². The third kappa shape index (κ3) is 2.99. The van der Waals surface area contributed by atoms with Crippen LogP contribution in [-0.4, -0.2) is 15.0 Å². The molecule has 0 saturated heterocycles. The van der Waals surface area contributed by atoms with E-state index in [-0.39, 0.29) is 11.0 Å². The smallest absolute Gasteiger partial charge is 0.211 e. The fourth-order valence-corrected chi connectivity index (χ4v) is 2.39. The minimum Gasteiger partial charge on any atom is -0.211 e. The molecule has 0 unspecified atom stereocenters. The van der Waals surface area contributed by atoms with E-state index in [4.69, 9.17) is 0 Å². The van der Waals surface area contributed by atoms with E-state index in [1.807, 2.05) is 0 Å². The summed E-state index contributed by atoms with van der Waals surface area (Å²) in [5.41, 5.74) is 0. The predicted molar refractivity (Wildman–Crippen MR) is 59.5 cm³/mol. The third-order valence-corrected chi connectivity index (χ3v) is 4.01. The Morgan fingerprint density at radius 2 is 1.81 bits per heavy atom. The van der Waals surface area contributed by atoms with Gasteiger partial charge in [-0.3, -0.25) is 0 Å². The molecule has 1 rings (SSSR count). The van der Waals surface area contributed by atoms with Crippen molar-refractivity contribution >= 4 is 26.0 Å². The van der Waals surface area contributed by atoms with E-state index in [1.165, 1.54) is 0 Å². The zero-order chi connectivity index (χ0) is 12.3. The lowest BCUT2D eigenvalue weighted by molar-refractivity contribution is 0.554. The second kappa shape index (κ2) is 5.20. The van der Waals surface area contributed by atoms with E-state index in [0.717, 1.165) is 12.1 Å². The quantitative estimate of drug-likeness (QED) is 0.868. The van der Waals surface area contributed by atoms with Gasteiger partial charge in [0.25, 0.3) is 0 Å². The highest BCUT2D eigenvalue weighted by Gasteiger charge is 2.18. The Balaban J connectivity index is 3.14. The first-order valence-electron chi connectivity index (χ1n) is 4.52. The summed E-state index contributed by atoms with van der Waals surface area (Å²) in [7, 11) is -3.84. The SMILES string of the molecule is CCCNS(=O)(=O)c1cc(F)c(Br)c(F)c1. The van der Waals surface area contributed by atoms with Crippen molar-refractivity contribution < 1.29 is 17.2 Å². The fraction of sp³-hybridized carbons (Fsp3) is 0.333. The highest BCUT2D eigenvalue weighted by Crippen LogP contribution is 2.23. The molecule has 0 aromatic heterocycles. The molecular formula is C9H10BrF2NO2S. The molecule has 0 aliphatic carbocycles. The molecule has 16 heavy (non-hydrogen) atoms. The van der Waals surface area contributed by atoms with Gasteiger partial charge in [0.15, 0.2) is 0 Å². The van der Waals surface area contributed by atoms with Crippen LogP contribution in [0.5, 0.6) is 0 Å². The first kappa shape index (κ1) is 13.5. The lowest BCUT2D eigenvalue weighted by atomic mass is 10.3. The summed E-state index contributed by atoms with van der Waals surface area (Å²) in [5, 5.41) is 0. The maximum atomic E-state index is 13.1. The molecular weight excluding hydrogens is 304 g/mol. The van der Waals surface area contributed by atoms with Crippen LogP contribution in [0.1, 0.15) is 13.3 Å². The van der Waals surface area contributed by atoms with Crippen LogP contribution >= 0.6 is 15.9 Å². The molecule has 1 N–H and O–H groups in total. The van der Waals surface area contributed by atoms with Crippen molar-refractivity contribution in [3.8, 4) is 0 Å². The maximum absolute atomic E-state index is 13.1. The largest absolute Gasteiger partial charge is 0.240 e. The minimum absolute atomic E-state index is 0.224. The monoisotopic (exact) mass is 313 g/mol. The summed E-state index contributed by atoms with van der Waals surface area (Å²) < 4.78 is 51.2. The Labute approximate surface area is 101 Å². The number of halogens is 3. The van der Waals surface area contributed by atoms with Crippen molar-refractivity contribution in [2.24, 2.45) is 0 Å². The summed E-state index contributed by atoms with van der Waals surface area (Å²) in [6, 6.07) is 1.54. The number of hydrogen-bond acceptors (Lipinski definition) is 2. The van der Waals surface area contributed by atoms with Crippen molar-refractivity contribution in [1.29, 1.82) is 0 Å². The van der Waals surface area contributed by atoms with E-state index in [2.05, 4.69) is 20.7 Å². The Morgan fingerprint density at radius 1 is 1.31 bits per heavy atom. The second-order valence-corrected chi connectivity index (χ2v) is 5.66. The lowest BCUT2D eigenvalue weighted by Gasteiger charge is -2.06. The van der Waals surface area contributed by atoms with Gasteiger partial charge in [-0.25, -0.2) is 21.9 Å². The first-order chi connectivity index (χ1) is 7.38. The van der Waals surface area contributed by atoms with Gasteiger partial charge in [-0.05, 0) is 34.5 Å². The van der Waals surface area contributed by atoms with E-state index in [0.29, 0.717) is 6.42 Å². The van der Waals surface area contributed by atoms with Gasteiger partial charge in [0.1, 0.15) is 11.6 Å². The van der Waals surface area contributed by atoms with Gasteiger partial charge in [0.2, 0.25) is 10.0 Å². The van der Waals surface area contributed by atoms with Crippen LogP contribution in [0.25, 0.3) is 0 Å². The van der Waals surface area contributed by atoms with E-state index in [9.17, 15) is 17.2 Å². The van der Waals surface area contributed by atoms with Crippen molar-refractivity contribution in [1.82, 2.24) is 4.72 Å². The summed E-state index contributed by atoms with van der Waals surface area (Å²) in [4.78, 5) is -0.417. The normalized spacial score (nSPS) is 11.8. The number of sulfonamides is 1. The average molecular weight is 314 g/mol. The molecule has 7 heteroatoms. The van der Waals surface area contributed by atoms with Crippen LogP contribution in [0.3, 0.4) is 0 Å². The molecule has 0 spiro atoms. The molecule has 3 nitrogen and oxygen atoms in total. The molecule has 90 valence electrons. The fourth-order valence-electron chi connectivity index (χ4n) is 1.01. The Kier molecular flexibility index (Phi) is 4.40. The van der Waals surface area contributed by atoms with Gasteiger partial charge in [0, 0.05) is 6.54 Å². The molecule has 1 aromatic rings. The molecule has 0 aliphatic rings. The molecule has 0 saturated carbocycles. The van der Waals surface area contributed by atoms with Gasteiger partial charge in [0.05, 0.1) is 9.37 Å². The van der Waals surface area contributed by atoms with Crippen LogP contribution in [0.4, 0.5) is 8.78 Å². The molecule has 0 atom stereocenters. The molecule has 0 heterocycles. The minimum atomic E-state index is -3.84. The number of rotatable bonds is 4. The number of hydrogen-bond donors (Lipinski definition) is 1. The molecule has 0 aliphatic heterocycles. The number of benzene rings is 1. The van der Waals surface area contributed by atoms with Gasteiger partial charge >= 0.3 is 0 Å². The average Bonchev–Trinajstić information content (AvgIpc) is 2.22. The highest BCUT2D eigenvalue weighted by atomic mass is 79.9.